The van der Waals surface area contributed by atoms with Crippen molar-refractivity contribution in [3.05, 3.63) is 35.4 Å². The Morgan fingerprint density at radius 1 is 0.800 bits per heavy atom. The summed E-state index contributed by atoms with van der Waals surface area (Å²) in [6.07, 6.45) is 7.70. The minimum absolute atomic E-state index is 0.437. The van der Waals surface area contributed by atoms with E-state index in [2.05, 4.69) is 0 Å². The van der Waals surface area contributed by atoms with Crippen molar-refractivity contribution in [1.29, 1.82) is 0 Å². The van der Waals surface area contributed by atoms with Gasteiger partial charge in [-0.1, -0.05) is 31.0 Å². The van der Waals surface area contributed by atoms with Gasteiger partial charge in [0.25, 0.3) is 0 Å². The minimum Gasteiger partial charge on any atom is -0.204 e. The molecule has 1 aromatic carbocycles. The van der Waals surface area contributed by atoms with Crippen LogP contribution >= 0.6 is 0 Å². The first-order chi connectivity index (χ1) is 9.74. The highest BCUT2D eigenvalue weighted by atomic mass is 28.2. The van der Waals surface area contributed by atoms with E-state index in [-0.39, 0.29) is 0 Å². The van der Waals surface area contributed by atoms with Crippen molar-refractivity contribution in [3.63, 3.8) is 0 Å². The number of halogens is 2. The lowest BCUT2D eigenvalue weighted by atomic mass is 9.72. The lowest BCUT2D eigenvalue weighted by Gasteiger charge is -2.36. The molecule has 1 aromatic rings. The lowest BCUT2D eigenvalue weighted by Crippen LogP contribution is -2.24. The highest BCUT2D eigenvalue weighted by Crippen LogP contribution is 2.42. The van der Waals surface area contributed by atoms with E-state index >= 15 is 0 Å². The maximum atomic E-state index is 13.3. The fourth-order valence-corrected chi connectivity index (χ4v) is 5.41. The lowest BCUT2D eigenvalue weighted by molar-refractivity contribution is 0.217. The molecule has 3 heteroatoms. The van der Waals surface area contributed by atoms with E-state index in [1.165, 1.54) is 59.4 Å². The standard InChI is InChI=1S/C17H22F2Si/c18-16-6-5-15(11-17(16)19)13-3-1-12(2-4-13)14-7-9-20-10-8-14/h5-6,11-14H,1-4,7-10H2. The van der Waals surface area contributed by atoms with Crippen LogP contribution in [0.3, 0.4) is 0 Å². The van der Waals surface area contributed by atoms with Gasteiger partial charge in [0.1, 0.15) is 0 Å². The summed E-state index contributed by atoms with van der Waals surface area (Å²) < 4.78 is 26.3. The van der Waals surface area contributed by atoms with E-state index < -0.39 is 11.6 Å². The number of benzene rings is 1. The van der Waals surface area contributed by atoms with Crippen LogP contribution < -0.4 is 0 Å². The summed E-state index contributed by atoms with van der Waals surface area (Å²) >= 11 is 0. The third-order valence-electron chi connectivity index (χ3n) is 5.24. The van der Waals surface area contributed by atoms with Gasteiger partial charge in [-0.05, 0) is 61.1 Å². The Morgan fingerprint density at radius 3 is 2.10 bits per heavy atom. The van der Waals surface area contributed by atoms with E-state index in [4.69, 9.17) is 0 Å². The van der Waals surface area contributed by atoms with Gasteiger partial charge < -0.3 is 0 Å². The van der Waals surface area contributed by atoms with Gasteiger partial charge in [0.2, 0.25) is 0 Å². The monoisotopic (exact) mass is 292 g/mol. The molecule has 0 bridgehead atoms. The Balaban J connectivity index is 1.58. The molecule has 0 N–H and O–H groups in total. The summed E-state index contributed by atoms with van der Waals surface area (Å²) in [5.41, 5.74) is 0.993. The molecule has 0 atom stereocenters. The average Bonchev–Trinajstić information content (AvgIpc) is 2.51. The number of hydrogen-bond donors (Lipinski definition) is 0. The van der Waals surface area contributed by atoms with E-state index in [1.54, 1.807) is 6.07 Å². The maximum absolute atomic E-state index is 13.3. The van der Waals surface area contributed by atoms with Crippen molar-refractivity contribution < 1.29 is 8.78 Å². The molecule has 2 fully saturated rings. The summed E-state index contributed by atoms with van der Waals surface area (Å²) in [6.45, 7) is 0. The highest BCUT2D eigenvalue weighted by Gasteiger charge is 2.29. The summed E-state index contributed by atoms with van der Waals surface area (Å²) in [7, 11) is 1.19. The van der Waals surface area contributed by atoms with Crippen LogP contribution in [0, 0.1) is 23.5 Å². The molecule has 20 heavy (non-hydrogen) atoms. The topological polar surface area (TPSA) is 0 Å². The van der Waals surface area contributed by atoms with Crippen molar-refractivity contribution >= 4 is 9.52 Å². The van der Waals surface area contributed by atoms with Gasteiger partial charge in [0, 0.05) is 9.52 Å². The van der Waals surface area contributed by atoms with Crippen LogP contribution in [-0.4, -0.2) is 9.52 Å². The minimum atomic E-state index is -0.731. The fraction of sp³-hybridized carbons (Fsp3) is 0.647. The fourth-order valence-electron chi connectivity index (χ4n) is 4.01. The SMILES string of the molecule is Fc1ccc(C2CCC(C3CC[Si]CC3)CC2)cc1F. The van der Waals surface area contributed by atoms with E-state index in [0.717, 1.165) is 30.2 Å². The first-order valence-electron chi connectivity index (χ1n) is 7.89. The predicted octanol–water partition coefficient (Wildman–Crippen LogP) is 5.19. The van der Waals surface area contributed by atoms with Crippen molar-refractivity contribution in [2.24, 2.45) is 11.8 Å². The molecule has 3 rings (SSSR count). The van der Waals surface area contributed by atoms with Crippen LogP contribution in [0.25, 0.3) is 0 Å². The molecule has 0 unspecified atom stereocenters. The second kappa shape index (κ2) is 6.38. The molecule has 1 heterocycles. The molecule has 1 saturated heterocycles. The zero-order chi connectivity index (χ0) is 13.9. The molecular formula is C17H22F2Si. The van der Waals surface area contributed by atoms with E-state index in [1.807, 2.05) is 0 Å². The zero-order valence-corrected chi connectivity index (χ0v) is 12.9. The Hall–Kier alpha value is -0.703. The van der Waals surface area contributed by atoms with Gasteiger partial charge in [-0.2, -0.15) is 0 Å². The number of hydrogen-bond acceptors (Lipinski definition) is 0. The zero-order valence-electron chi connectivity index (χ0n) is 11.9. The smallest absolute Gasteiger partial charge is 0.159 e. The Kier molecular flexibility index (Phi) is 4.54. The van der Waals surface area contributed by atoms with Gasteiger partial charge in [-0.3, -0.25) is 0 Å². The van der Waals surface area contributed by atoms with Crippen molar-refractivity contribution in [2.75, 3.05) is 0 Å². The second-order valence-electron chi connectivity index (χ2n) is 6.37. The van der Waals surface area contributed by atoms with Crippen LogP contribution in [-0.2, 0) is 0 Å². The molecule has 0 amide bonds. The largest absolute Gasteiger partial charge is 0.204 e. The van der Waals surface area contributed by atoms with E-state index in [9.17, 15) is 8.78 Å². The Morgan fingerprint density at radius 2 is 1.45 bits per heavy atom. The van der Waals surface area contributed by atoms with Gasteiger partial charge in [-0.25, -0.2) is 8.78 Å². The molecule has 2 aliphatic rings. The summed E-state index contributed by atoms with van der Waals surface area (Å²) in [6, 6.07) is 7.33. The molecule has 108 valence electrons. The average molecular weight is 292 g/mol. The highest BCUT2D eigenvalue weighted by molar-refractivity contribution is 6.35. The molecular weight excluding hydrogens is 270 g/mol. The molecule has 0 aromatic heterocycles. The molecule has 0 nitrogen and oxygen atoms in total. The predicted molar refractivity (Wildman–Crippen MR) is 79.1 cm³/mol. The Bertz CT molecular complexity index is 446. The van der Waals surface area contributed by atoms with Gasteiger partial charge in [-0.15, -0.1) is 0 Å². The number of rotatable bonds is 2. The Labute approximate surface area is 122 Å². The first kappa shape index (κ1) is 14.2. The van der Waals surface area contributed by atoms with Gasteiger partial charge in [0.15, 0.2) is 11.6 Å². The molecule has 1 saturated carbocycles. The van der Waals surface area contributed by atoms with Gasteiger partial charge in [0.05, 0.1) is 0 Å². The maximum Gasteiger partial charge on any atom is 0.159 e. The first-order valence-corrected chi connectivity index (χ1v) is 9.31. The van der Waals surface area contributed by atoms with Crippen molar-refractivity contribution in [2.45, 2.75) is 56.5 Å². The van der Waals surface area contributed by atoms with Crippen LogP contribution in [0.2, 0.25) is 12.1 Å². The third kappa shape index (κ3) is 3.13. The molecule has 1 aliphatic carbocycles. The van der Waals surface area contributed by atoms with Crippen LogP contribution in [0.5, 0.6) is 0 Å². The summed E-state index contributed by atoms with van der Waals surface area (Å²) in [5.74, 6) is 0.846. The quantitative estimate of drug-likeness (QED) is 0.658. The van der Waals surface area contributed by atoms with Crippen molar-refractivity contribution in [1.82, 2.24) is 0 Å². The summed E-state index contributed by atoms with van der Waals surface area (Å²) in [4.78, 5) is 0. The van der Waals surface area contributed by atoms with E-state index in [0.29, 0.717) is 5.92 Å². The van der Waals surface area contributed by atoms with Crippen LogP contribution in [0.1, 0.15) is 50.0 Å². The second-order valence-corrected chi connectivity index (χ2v) is 7.87. The van der Waals surface area contributed by atoms with Crippen LogP contribution in [0.4, 0.5) is 8.78 Å². The third-order valence-corrected chi connectivity index (χ3v) is 6.52. The normalized spacial score (nSPS) is 28.5. The summed E-state index contributed by atoms with van der Waals surface area (Å²) in [5, 5.41) is 0. The van der Waals surface area contributed by atoms with Crippen LogP contribution in [0.15, 0.2) is 18.2 Å². The van der Waals surface area contributed by atoms with Crippen molar-refractivity contribution in [3.8, 4) is 0 Å². The molecule has 0 spiro atoms. The molecule has 2 radical (unpaired) electrons. The molecule has 1 aliphatic heterocycles. The van der Waals surface area contributed by atoms with Gasteiger partial charge >= 0.3 is 0 Å².